The van der Waals surface area contributed by atoms with Gasteiger partial charge in [-0.1, -0.05) is 11.6 Å². The zero-order chi connectivity index (χ0) is 14.6. The molecule has 1 amide bonds. The summed E-state index contributed by atoms with van der Waals surface area (Å²) in [6.45, 7) is 3.17. The topological polar surface area (TPSA) is 49.8 Å². The van der Waals surface area contributed by atoms with E-state index in [0.29, 0.717) is 0 Å². The smallest absolute Gasteiger partial charge is 0.260 e. The number of aliphatic hydroxyl groups is 1. The Labute approximate surface area is 116 Å². The van der Waals surface area contributed by atoms with Crippen LogP contribution in [-0.4, -0.2) is 41.7 Å². The summed E-state index contributed by atoms with van der Waals surface area (Å²) in [6.07, 6.45) is 0. The summed E-state index contributed by atoms with van der Waals surface area (Å²) in [5.41, 5.74) is -0.974. The second-order valence-corrected chi connectivity index (χ2v) is 5.33. The number of hydrogen-bond donors (Lipinski definition) is 1. The van der Waals surface area contributed by atoms with Crippen LogP contribution in [0.1, 0.15) is 13.8 Å². The Hall–Kier alpha value is -1.33. The van der Waals surface area contributed by atoms with Crippen molar-refractivity contribution in [1.29, 1.82) is 0 Å². The number of carbonyl (C=O) groups is 1. The second kappa shape index (κ2) is 6.21. The molecule has 0 saturated carbocycles. The van der Waals surface area contributed by atoms with Gasteiger partial charge in [0.1, 0.15) is 11.6 Å². The minimum absolute atomic E-state index is 0.109. The van der Waals surface area contributed by atoms with Crippen LogP contribution in [0.4, 0.5) is 4.39 Å². The molecule has 0 fully saturated rings. The van der Waals surface area contributed by atoms with E-state index in [-0.39, 0.29) is 29.8 Å². The zero-order valence-corrected chi connectivity index (χ0v) is 11.9. The second-order valence-electron chi connectivity index (χ2n) is 4.93. The van der Waals surface area contributed by atoms with Crippen LogP contribution in [0.25, 0.3) is 0 Å². The van der Waals surface area contributed by atoms with E-state index in [4.69, 9.17) is 16.3 Å². The van der Waals surface area contributed by atoms with Crippen LogP contribution < -0.4 is 4.74 Å². The number of benzene rings is 1. The van der Waals surface area contributed by atoms with Gasteiger partial charge in [0.25, 0.3) is 5.91 Å². The molecule has 19 heavy (non-hydrogen) atoms. The number of halogens is 2. The van der Waals surface area contributed by atoms with Crippen molar-refractivity contribution in [2.24, 2.45) is 0 Å². The van der Waals surface area contributed by atoms with Crippen molar-refractivity contribution < 1.29 is 19.0 Å². The van der Waals surface area contributed by atoms with Gasteiger partial charge in [-0.05, 0) is 32.0 Å². The van der Waals surface area contributed by atoms with Gasteiger partial charge in [-0.15, -0.1) is 0 Å². The van der Waals surface area contributed by atoms with Gasteiger partial charge in [-0.2, -0.15) is 0 Å². The van der Waals surface area contributed by atoms with E-state index in [1.807, 2.05) is 0 Å². The first kappa shape index (κ1) is 15.7. The molecule has 0 aliphatic carbocycles. The lowest BCUT2D eigenvalue weighted by Gasteiger charge is -2.25. The summed E-state index contributed by atoms with van der Waals surface area (Å²) in [4.78, 5) is 13.1. The first-order valence-corrected chi connectivity index (χ1v) is 6.11. The number of nitrogens with zero attached hydrogens (tertiary/aromatic N) is 1. The summed E-state index contributed by atoms with van der Waals surface area (Å²) in [5.74, 6) is -0.529. The summed E-state index contributed by atoms with van der Waals surface area (Å²) in [7, 11) is 1.57. The minimum atomic E-state index is -0.974. The van der Waals surface area contributed by atoms with Crippen LogP contribution >= 0.6 is 11.6 Å². The van der Waals surface area contributed by atoms with Crippen LogP contribution in [0, 0.1) is 5.82 Å². The van der Waals surface area contributed by atoms with Crippen LogP contribution in [0.5, 0.6) is 5.75 Å². The molecular formula is C13H17ClFNO3. The molecule has 6 heteroatoms. The van der Waals surface area contributed by atoms with Crippen molar-refractivity contribution in [1.82, 2.24) is 4.90 Å². The molecule has 0 aromatic heterocycles. The number of hydrogen-bond acceptors (Lipinski definition) is 3. The van der Waals surface area contributed by atoms with E-state index in [1.165, 1.54) is 17.0 Å². The van der Waals surface area contributed by atoms with E-state index in [9.17, 15) is 14.3 Å². The molecule has 0 atom stereocenters. The predicted molar refractivity (Wildman–Crippen MR) is 70.8 cm³/mol. The maximum absolute atomic E-state index is 12.8. The Kier molecular flexibility index (Phi) is 5.14. The van der Waals surface area contributed by atoms with E-state index in [2.05, 4.69) is 0 Å². The van der Waals surface area contributed by atoms with Crippen molar-refractivity contribution in [3.05, 3.63) is 29.0 Å². The van der Waals surface area contributed by atoms with Crippen LogP contribution in [-0.2, 0) is 4.79 Å². The molecule has 0 heterocycles. The lowest BCUT2D eigenvalue weighted by Crippen LogP contribution is -2.41. The van der Waals surface area contributed by atoms with Crippen LogP contribution in [0.3, 0.4) is 0 Å². The van der Waals surface area contributed by atoms with E-state index >= 15 is 0 Å². The summed E-state index contributed by atoms with van der Waals surface area (Å²) >= 11 is 5.77. The predicted octanol–water partition coefficient (Wildman–Crippen LogP) is 2.09. The molecule has 0 unspecified atom stereocenters. The number of rotatable bonds is 5. The fourth-order valence-corrected chi connectivity index (χ4v) is 1.73. The third-order valence-electron chi connectivity index (χ3n) is 2.29. The first-order valence-electron chi connectivity index (χ1n) is 5.73. The highest BCUT2D eigenvalue weighted by molar-refractivity contribution is 6.32. The molecule has 1 aromatic rings. The van der Waals surface area contributed by atoms with E-state index < -0.39 is 11.4 Å². The Morgan fingerprint density at radius 1 is 1.53 bits per heavy atom. The summed E-state index contributed by atoms with van der Waals surface area (Å²) in [5, 5.41) is 9.71. The summed E-state index contributed by atoms with van der Waals surface area (Å²) in [6, 6.07) is 3.68. The van der Waals surface area contributed by atoms with Gasteiger partial charge in [0.05, 0.1) is 10.6 Å². The average molecular weight is 290 g/mol. The number of ether oxygens (including phenoxy) is 1. The lowest BCUT2D eigenvalue weighted by atomic mass is 10.1. The molecule has 0 radical (unpaired) electrons. The third-order valence-corrected chi connectivity index (χ3v) is 2.59. The molecule has 0 aliphatic rings. The number of amides is 1. The standard InChI is InChI=1S/C13H17ClFNO3/c1-13(2,18)8-16(3)12(17)7-19-11-5-4-9(15)6-10(11)14/h4-6,18H,7-8H2,1-3H3. The first-order chi connectivity index (χ1) is 8.69. The average Bonchev–Trinajstić information content (AvgIpc) is 2.25. The molecule has 1 N–H and O–H groups in total. The third kappa shape index (κ3) is 5.44. The van der Waals surface area contributed by atoms with E-state index in [1.54, 1.807) is 20.9 Å². The van der Waals surface area contributed by atoms with Crippen molar-refractivity contribution >= 4 is 17.5 Å². The van der Waals surface area contributed by atoms with Gasteiger partial charge >= 0.3 is 0 Å². The number of carbonyl (C=O) groups excluding carboxylic acids is 1. The minimum Gasteiger partial charge on any atom is -0.482 e. The quantitative estimate of drug-likeness (QED) is 0.903. The fraction of sp³-hybridized carbons (Fsp3) is 0.462. The molecule has 4 nitrogen and oxygen atoms in total. The van der Waals surface area contributed by atoms with Gasteiger partial charge in [0.15, 0.2) is 6.61 Å². The maximum atomic E-state index is 12.8. The monoisotopic (exact) mass is 289 g/mol. The van der Waals surface area contributed by atoms with Crippen molar-refractivity contribution in [2.75, 3.05) is 20.2 Å². The van der Waals surface area contributed by atoms with E-state index in [0.717, 1.165) is 6.07 Å². The molecule has 1 aromatic carbocycles. The lowest BCUT2D eigenvalue weighted by molar-refractivity contribution is -0.134. The molecule has 106 valence electrons. The highest BCUT2D eigenvalue weighted by Gasteiger charge is 2.19. The van der Waals surface area contributed by atoms with Gasteiger partial charge < -0.3 is 14.7 Å². The molecule has 0 saturated heterocycles. The SMILES string of the molecule is CN(CC(C)(C)O)C(=O)COc1ccc(F)cc1Cl. The van der Waals surface area contributed by atoms with Crippen molar-refractivity contribution in [2.45, 2.75) is 19.4 Å². The van der Waals surface area contributed by atoms with Gasteiger partial charge in [-0.25, -0.2) is 4.39 Å². The molecular weight excluding hydrogens is 273 g/mol. The van der Waals surface area contributed by atoms with Crippen LogP contribution in [0.15, 0.2) is 18.2 Å². The highest BCUT2D eigenvalue weighted by Crippen LogP contribution is 2.24. The van der Waals surface area contributed by atoms with Gasteiger partial charge in [0, 0.05) is 13.6 Å². The maximum Gasteiger partial charge on any atom is 0.260 e. The Bertz CT molecular complexity index is 460. The number of likely N-dealkylation sites (N-methyl/N-ethyl adjacent to an activating group) is 1. The highest BCUT2D eigenvalue weighted by atomic mass is 35.5. The normalized spacial score (nSPS) is 11.3. The zero-order valence-electron chi connectivity index (χ0n) is 11.1. The molecule has 0 aliphatic heterocycles. The van der Waals surface area contributed by atoms with Crippen molar-refractivity contribution in [3.8, 4) is 5.75 Å². The van der Waals surface area contributed by atoms with Crippen LogP contribution in [0.2, 0.25) is 5.02 Å². The molecule has 0 spiro atoms. The van der Waals surface area contributed by atoms with Gasteiger partial charge in [0.2, 0.25) is 0 Å². The Morgan fingerprint density at radius 3 is 2.68 bits per heavy atom. The van der Waals surface area contributed by atoms with Crippen molar-refractivity contribution in [3.63, 3.8) is 0 Å². The fourth-order valence-electron chi connectivity index (χ4n) is 1.51. The Balaban J connectivity index is 2.54. The Morgan fingerprint density at radius 2 is 2.16 bits per heavy atom. The van der Waals surface area contributed by atoms with Gasteiger partial charge in [-0.3, -0.25) is 4.79 Å². The molecule has 0 bridgehead atoms. The molecule has 1 rings (SSSR count). The largest absolute Gasteiger partial charge is 0.482 e. The summed E-state index contributed by atoms with van der Waals surface area (Å²) < 4.78 is 18.0.